The molecule has 4 aromatic rings. The molecule has 6 rings (SSSR count). The summed E-state index contributed by atoms with van der Waals surface area (Å²) in [4.78, 5) is 33.8. The van der Waals surface area contributed by atoms with Crippen molar-refractivity contribution in [2.45, 2.75) is 105 Å². The summed E-state index contributed by atoms with van der Waals surface area (Å²) < 4.78 is 5.44. The number of nitrogens with one attached hydrogen (secondary N) is 2. The number of nitrogens with zero attached hydrogens (tertiary/aromatic N) is 4. The van der Waals surface area contributed by atoms with Crippen LogP contribution in [-0.4, -0.2) is 30.9 Å². The molecule has 2 amide bonds. The van der Waals surface area contributed by atoms with Crippen molar-refractivity contribution >= 4 is 61.7 Å². The molecular weight excluding hydrogens is 604 g/mol. The van der Waals surface area contributed by atoms with E-state index in [-0.39, 0.29) is 22.6 Å². The molecule has 0 spiro atoms. The summed E-state index contributed by atoms with van der Waals surface area (Å²) in [5.41, 5.74) is 4.05. The van der Waals surface area contributed by atoms with E-state index in [9.17, 15) is 9.59 Å². The molecule has 2 aromatic carbocycles. The molecule has 2 saturated carbocycles. The molecule has 2 aliphatic carbocycles. The normalized spacial score (nSPS) is 15.9. The van der Waals surface area contributed by atoms with E-state index in [1.807, 2.05) is 30.3 Å². The van der Waals surface area contributed by atoms with Gasteiger partial charge < -0.3 is 9.13 Å². The fourth-order valence-corrected chi connectivity index (χ4v) is 5.97. The second-order valence-electron chi connectivity index (χ2n) is 14.5. The summed E-state index contributed by atoms with van der Waals surface area (Å²) >= 11 is 3.53. The van der Waals surface area contributed by atoms with Crippen molar-refractivity contribution in [3.63, 3.8) is 0 Å². The third-order valence-corrected chi connectivity index (χ3v) is 8.50. The number of rotatable bonds is 6. The van der Waals surface area contributed by atoms with Gasteiger partial charge >= 0.3 is 0 Å². The Balaban J connectivity index is 0.000000171. The van der Waals surface area contributed by atoms with Crippen LogP contribution in [-0.2, 0) is 9.59 Å². The molecule has 0 radical (unpaired) electrons. The van der Waals surface area contributed by atoms with E-state index >= 15 is 0 Å². The highest BCUT2D eigenvalue weighted by Crippen LogP contribution is 2.39. The maximum Gasteiger partial charge on any atom is 0.227 e. The summed E-state index contributed by atoms with van der Waals surface area (Å²) in [6.45, 7) is 12.4. The van der Waals surface area contributed by atoms with E-state index in [0.717, 1.165) is 39.4 Å². The Morgan fingerprint density at radius 1 is 0.744 bits per heavy atom. The van der Waals surface area contributed by atoms with Crippen LogP contribution in [0.5, 0.6) is 0 Å². The first-order valence-electron chi connectivity index (χ1n) is 15.5. The quantitative estimate of drug-likeness (QED) is 0.218. The Labute approximate surface area is 263 Å². The molecule has 9 heteroatoms. The molecule has 43 heavy (non-hydrogen) atoms. The van der Waals surface area contributed by atoms with E-state index in [1.54, 1.807) is 0 Å². The molecule has 2 N–H and O–H groups in total. The zero-order valence-electron chi connectivity index (χ0n) is 26.3. The summed E-state index contributed by atoms with van der Waals surface area (Å²) in [6.07, 6.45) is 8.14. The van der Waals surface area contributed by atoms with Gasteiger partial charge in [0, 0.05) is 29.4 Å². The zero-order chi connectivity index (χ0) is 30.9. The summed E-state index contributed by atoms with van der Waals surface area (Å²) in [5.74, 6) is 1.46. The van der Waals surface area contributed by atoms with E-state index in [1.165, 1.54) is 25.7 Å². The van der Waals surface area contributed by atoms with E-state index in [4.69, 9.17) is 0 Å². The lowest BCUT2D eigenvalue weighted by Crippen LogP contribution is -2.24. The third-order valence-electron chi connectivity index (χ3n) is 8.01. The van der Waals surface area contributed by atoms with Crippen LogP contribution in [0.4, 0.5) is 11.9 Å². The van der Waals surface area contributed by atoms with Crippen LogP contribution in [0.15, 0.2) is 46.9 Å². The third kappa shape index (κ3) is 7.66. The highest BCUT2D eigenvalue weighted by Gasteiger charge is 2.27. The van der Waals surface area contributed by atoms with Crippen LogP contribution < -0.4 is 10.6 Å². The first-order valence-corrected chi connectivity index (χ1v) is 16.3. The number of hydrogen-bond donors (Lipinski definition) is 2. The van der Waals surface area contributed by atoms with Crippen LogP contribution in [0, 0.1) is 10.8 Å². The minimum absolute atomic E-state index is 0.0165. The number of para-hydroxylation sites is 2. The van der Waals surface area contributed by atoms with Gasteiger partial charge in [-0.15, -0.1) is 0 Å². The molecule has 230 valence electrons. The molecule has 2 aromatic heterocycles. The largest absolute Gasteiger partial charge is 0.307 e. The SMILES string of the molecule is CC(C)(C)CC(=O)Nc1nc2ccc(Br)cc2n1C1CCC1.CC(C)(C)CC(=O)Nc1nc2ccccc2n1C1CCC1. The van der Waals surface area contributed by atoms with E-state index in [0.29, 0.717) is 36.8 Å². The Kier molecular flexibility index (Phi) is 9.02. The molecule has 0 atom stereocenters. The van der Waals surface area contributed by atoms with E-state index < -0.39 is 0 Å². The number of hydrogen-bond acceptors (Lipinski definition) is 4. The number of carbonyl (C=O) groups excluding carboxylic acids is 2. The first kappa shape index (κ1) is 31.2. The van der Waals surface area contributed by atoms with Gasteiger partial charge in [0.15, 0.2) is 0 Å². The lowest BCUT2D eigenvalue weighted by molar-refractivity contribution is -0.118. The second kappa shape index (κ2) is 12.4. The number of fused-ring (bicyclic) bond motifs is 2. The number of halogens is 1. The van der Waals surface area contributed by atoms with Gasteiger partial charge in [0.25, 0.3) is 0 Å². The lowest BCUT2D eigenvalue weighted by atomic mass is 9.92. The molecule has 0 aliphatic heterocycles. The summed E-state index contributed by atoms with van der Waals surface area (Å²) in [7, 11) is 0. The number of benzene rings is 2. The topological polar surface area (TPSA) is 93.8 Å². The molecular formula is C34H45BrN6O2. The molecule has 2 aliphatic rings. The van der Waals surface area contributed by atoms with Crippen molar-refractivity contribution in [3.8, 4) is 0 Å². The number of aromatic nitrogens is 4. The van der Waals surface area contributed by atoms with Gasteiger partial charge in [-0.05, 0) is 79.7 Å². The molecule has 0 bridgehead atoms. The van der Waals surface area contributed by atoms with Gasteiger partial charge in [0.05, 0.1) is 22.1 Å². The average Bonchev–Trinajstić information content (AvgIpc) is 3.33. The van der Waals surface area contributed by atoms with Gasteiger partial charge in [-0.25, -0.2) is 9.97 Å². The maximum absolute atomic E-state index is 12.3. The van der Waals surface area contributed by atoms with E-state index in [2.05, 4.69) is 99.3 Å². The number of amides is 2. The second-order valence-corrected chi connectivity index (χ2v) is 15.4. The minimum atomic E-state index is -0.0274. The molecule has 0 unspecified atom stereocenters. The minimum Gasteiger partial charge on any atom is -0.307 e. The fourth-order valence-electron chi connectivity index (χ4n) is 5.62. The molecule has 0 saturated heterocycles. The number of anilines is 2. The number of carbonyl (C=O) groups is 2. The Hall–Kier alpha value is -3.20. The lowest BCUT2D eigenvalue weighted by Gasteiger charge is -2.29. The smallest absolute Gasteiger partial charge is 0.227 e. The van der Waals surface area contributed by atoms with Crippen LogP contribution in [0.25, 0.3) is 22.1 Å². The Morgan fingerprint density at radius 3 is 1.67 bits per heavy atom. The zero-order valence-corrected chi connectivity index (χ0v) is 27.9. The Bertz CT molecular complexity index is 1620. The van der Waals surface area contributed by atoms with Crippen molar-refractivity contribution in [2.75, 3.05) is 10.6 Å². The van der Waals surface area contributed by atoms with Gasteiger partial charge in [0.1, 0.15) is 0 Å². The highest BCUT2D eigenvalue weighted by molar-refractivity contribution is 9.10. The van der Waals surface area contributed by atoms with Crippen LogP contribution in [0.2, 0.25) is 0 Å². The van der Waals surface area contributed by atoms with Gasteiger partial charge in [-0.1, -0.05) is 69.6 Å². The standard InChI is InChI=1S/C17H22BrN3O.C17H23N3O/c1-17(2,3)10-15(22)20-16-19-13-8-7-11(18)9-14(13)21(16)12-5-4-6-12;1-17(2,3)11-15(21)19-16-18-13-9-4-5-10-14(13)20(16)12-7-6-8-12/h7-9,12H,4-6,10H2,1-3H3,(H,19,20,22);4-5,9-10,12H,6-8,11H2,1-3H3,(H,18,19,21). The van der Waals surface area contributed by atoms with Gasteiger partial charge in [0.2, 0.25) is 23.7 Å². The average molecular weight is 650 g/mol. The predicted molar refractivity (Wildman–Crippen MR) is 178 cm³/mol. The number of imidazole rings is 2. The van der Waals surface area contributed by atoms with Crippen molar-refractivity contribution in [1.29, 1.82) is 0 Å². The van der Waals surface area contributed by atoms with Gasteiger partial charge in [-0.3, -0.25) is 20.2 Å². The highest BCUT2D eigenvalue weighted by atomic mass is 79.9. The summed E-state index contributed by atoms with van der Waals surface area (Å²) in [6, 6.07) is 15.1. The fraction of sp³-hybridized carbons (Fsp3) is 0.529. The molecule has 2 fully saturated rings. The van der Waals surface area contributed by atoms with Crippen molar-refractivity contribution in [2.24, 2.45) is 10.8 Å². The van der Waals surface area contributed by atoms with Crippen LogP contribution in [0.3, 0.4) is 0 Å². The van der Waals surface area contributed by atoms with Crippen molar-refractivity contribution in [1.82, 2.24) is 19.1 Å². The van der Waals surface area contributed by atoms with Crippen molar-refractivity contribution < 1.29 is 9.59 Å². The van der Waals surface area contributed by atoms with Crippen molar-refractivity contribution in [3.05, 3.63) is 46.9 Å². The van der Waals surface area contributed by atoms with Crippen LogP contribution in [0.1, 0.15) is 105 Å². The first-order chi connectivity index (χ1) is 20.3. The molecule has 2 heterocycles. The van der Waals surface area contributed by atoms with Crippen LogP contribution >= 0.6 is 15.9 Å². The molecule has 8 nitrogen and oxygen atoms in total. The monoisotopic (exact) mass is 648 g/mol. The summed E-state index contributed by atoms with van der Waals surface area (Å²) in [5, 5.41) is 6.04. The van der Waals surface area contributed by atoms with Gasteiger partial charge in [-0.2, -0.15) is 0 Å². The Morgan fingerprint density at radius 2 is 1.21 bits per heavy atom. The predicted octanol–water partition coefficient (Wildman–Crippen LogP) is 9.03. The maximum atomic E-state index is 12.3.